The molecule has 0 fully saturated rings. The fourth-order valence-electron chi connectivity index (χ4n) is 2.23. The summed E-state index contributed by atoms with van der Waals surface area (Å²) in [5.41, 5.74) is 2.46. The van der Waals surface area contributed by atoms with E-state index >= 15 is 0 Å². The molecule has 0 aromatic heterocycles. The third-order valence-electron chi connectivity index (χ3n) is 3.16. The predicted molar refractivity (Wildman–Crippen MR) is 88.4 cm³/mol. The van der Waals surface area contributed by atoms with Crippen LogP contribution >= 0.6 is 11.6 Å². The van der Waals surface area contributed by atoms with Gasteiger partial charge in [-0.25, -0.2) is 4.79 Å². The van der Waals surface area contributed by atoms with Crippen LogP contribution in [0.1, 0.15) is 33.3 Å². The van der Waals surface area contributed by atoms with Gasteiger partial charge < -0.3 is 4.74 Å². The normalized spacial score (nSPS) is 11.5. The Labute approximate surface area is 136 Å². The third kappa shape index (κ3) is 4.34. The number of allylic oxidation sites excluding steroid dienone is 1. The van der Waals surface area contributed by atoms with Crippen LogP contribution in [0.4, 0.5) is 0 Å². The number of esters is 1. The lowest BCUT2D eigenvalue weighted by Gasteiger charge is -2.31. The minimum Gasteiger partial charge on any atom is -0.464 e. The van der Waals surface area contributed by atoms with E-state index in [2.05, 4.69) is 0 Å². The van der Waals surface area contributed by atoms with E-state index in [-0.39, 0.29) is 18.4 Å². The Bertz CT molecular complexity index is 550. The molecule has 1 aromatic carbocycles. The van der Waals surface area contributed by atoms with Crippen LogP contribution in [0.2, 0.25) is 0 Å². The van der Waals surface area contributed by atoms with Crippen molar-refractivity contribution in [2.75, 3.05) is 12.5 Å². The molecule has 0 bridgehead atoms. The second-order valence-corrected chi connectivity index (χ2v) is 5.31. The molecule has 1 aromatic rings. The molecule has 1 unspecified atom stereocenters. The van der Waals surface area contributed by atoms with E-state index < -0.39 is 12.0 Å². The largest absolute Gasteiger partial charge is 0.464 e. The smallest absolute Gasteiger partial charge is 0.328 e. The van der Waals surface area contributed by atoms with Crippen LogP contribution < -0.4 is 0 Å². The van der Waals surface area contributed by atoms with E-state index in [1.165, 1.54) is 4.90 Å². The van der Waals surface area contributed by atoms with E-state index in [4.69, 9.17) is 16.3 Å². The Hall–Kier alpha value is -1.81. The minimum atomic E-state index is -0.740. The Morgan fingerprint density at radius 3 is 2.27 bits per heavy atom. The van der Waals surface area contributed by atoms with Gasteiger partial charge in [-0.2, -0.15) is 0 Å². The summed E-state index contributed by atoms with van der Waals surface area (Å²) >= 11 is 5.74. The quantitative estimate of drug-likeness (QED) is 0.595. The third-order valence-corrected chi connectivity index (χ3v) is 3.39. The lowest BCUT2D eigenvalue weighted by molar-refractivity contribution is -0.151. The first-order valence-corrected chi connectivity index (χ1v) is 7.75. The number of hydrogen-bond acceptors (Lipinski definition) is 3. The Morgan fingerprint density at radius 1 is 1.23 bits per heavy atom. The van der Waals surface area contributed by atoms with Crippen molar-refractivity contribution >= 4 is 29.2 Å². The minimum absolute atomic E-state index is 0.201. The molecule has 0 aliphatic rings. The van der Waals surface area contributed by atoms with Crippen molar-refractivity contribution in [1.29, 1.82) is 0 Å². The van der Waals surface area contributed by atoms with Crippen LogP contribution in [0.3, 0.4) is 0 Å². The van der Waals surface area contributed by atoms with E-state index in [0.29, 0.717) is 5.70 Å². The number of rotatable bonds is 6. The summed E-state index contributed by atoms with van der Waals surface area (Å²) < 4.78 is 5.05. The first kappa shape index (κ1) is 18.2. The molecule has 120 valence electrons. The van der Waals surface area contributed by atoms with E-state index in [1.807, 2.05) is 44.2 Å². The summed E-state index contributed by atoms with van der Waals surface area (Å²) in [6, 6.07) is 8.72. The van der Waals surface area contributed by atoms with Gasteiger partial charge >= 0.3 is 5.97 Å². The number of hydrogen-bond donors (Lipinski definition) is 0. The van der Waals surface area contributed by atoms with Gasteiger partial charge in [0.2, 0.25) is 5.91 Å². The van der Waals surface area contributed by atoms with E-state index in [1.54, 1.807) is 13.8 Å². The Morgan fingerprint density at radius 2 is 1.82 bits per heavy atom. The second-order valence-electron chi connectivity index (χ2n) is 5.04. The molecule has 22 heavy (non-hydrogen) atoms. The molecule has 4 nitrogen and oxygen atoms in total. The number of halogens is 1. The first-order chi connectivity index (χ1) is 10.4. The Kier molecular flexibility index (Phi) is 7.12. The molecule has 0 aliphatic heterocycles. The number of alkyl halides is 1. The van der Waals surface area contributed by atoms with Crippen LogP contribution in [0.5, 0.6) is 0 Å². The molecule has 0 spiro atoms. The van der Waals surface area contributed by atoms with Crippen LogP contribution in [-0.4, -0.2) is 35.3 Å². The maximum absolute atomic E-state index is 12.3. The van der Waals surface area contributed by atoms with Crippen molar-refractivity contribution in [2.45, 2.75) is 33.7 Å². The lowest BCUT2D eigenvalue weighted by atomic mass is 10.0. The average Bonchev–Trinajstić information content (AvgIpc) is 2.51. The van der Waals surface area contributed by atoms with Crippen LogP contribution in [0.25, 0.3) is 5.70 Å². The van der Waals surface area contributed by atoms with Gasteiger partial charge in [0, 0.05) is 0 Å². The highest BCUT2D eigenvalue weighted by atomic mass is 35.5. The fourth-order valence-corrected chi connectivity index (χ4v) is 2.36. The number of ether oxygens (including phenoxy) is 1. The molecule has 1 atom stereocenters. The summed E-state index contributed by atoms with van der Waals surface area (Å²) in [5, 5.41) is 0. The topological polar surface area (TPSA) is 46.6 Å². The van der Waals surface area contributed by atoms with Crippen LogP contribution in [0, 0.1) is 0 Å². The van der Waals surface area contributed by atoms with Gasteiger partial charge in [0.05, 0.1) is 12.3 Å². The molecule has 1 rings (SSSR count). The first-order valence-electron chi connectivity index (χ1n) is 7.21. The monoisotopic (exact) mass is 323 g/mol. The van der Waals surface area contributed by atoms with Crippen molar-refractivity contribution in [3.8, 4) is 0 Å². The van der Waals surface area contributed by atoms with Crippen LogP contribution in [0.15, 0.2) is 35.9 Å². The highest BCUT2D eigenvalue weighted by molar-refractivity contribution is 6.28. The number of nitrogens with zero attached hydrogens (tertiary/aromatic N) is 1. The zero-order valence-corrected chi connectivity index (χ0v) is 14.2. The molecule has 5 heteroatoms. The van der Waals surface area contributed by atoms with Crippen molar-refractivity contribution in [2.24, 2.45) is 0 Å². The molecule has 0 saturated heterocycles. The van der Waals surface area contributed by atoms with Crippen molar-refractivity contribution in [3.63, 3.8) is 0 Å². The molecule has 1 amide bonds. The number of benzene rings is 1. The summed E-state index contributed by atoms with van der Waals surface area (Å²) in [7, 11) is 0. The number of amides is 1. The standard InChI is InChI=1S/C17H22ClNO3/c1-5-22-17(21)13(4)19(15(20)11-18)16(12(2)3)14-9-7-6-8-10-14/h6-10,13H,5,11H2,1-4H3. The zero-order valence-electron chi connectivity index (χ0n) is 13.4. The summed E-state index contributed by atoms with van der Waals surface area (Å²) in [6.07, 6.45) is 0. The maximum Gasteiger partial charge on any atom is 0.328 e. The van der Waals surface area contributed by atoms with Gasteiger partial charge in [-0.05, 0) is 33.3 Å². The van der Waals surface area contributed by atoms with Gasteiger partial charge in [-0.15, -0.1) is 11.6 Å². The van der Waals surface area contributed by atoms with Crippen molar-refractivity contribution < 1.29 is 14.3 Å². The maximum atomic E-state index is 12.3. The van der Waals surface area contributed by atoms with Crippen molar-refractivity contribution in [3.05, 3.63) is 41.5 Å². The number of carbonyl (C=O) groups is 2. The SMILES string of the molecule is CCOC(=O)C(C)N(C(=O)CCl)C(=C(C)C)c1ccccc1. The fraction of sp³-hybridized carbons (Fsp3) is 0.412. The van der Waals surface area contributed by atoms with E-state index in [0.717, 1.165) is 11.1 Å². The summed E-state index contributed by atoms with van der Waals surface area (Å²) in [6.45, 7) is 7.44. The zero-order chi connectivity index (χ0) is 16.7. The molecular weight excluding hydrogens is 302 g/mol. The van der Waals surface area contributed by atoms with Gasteiger partial charge in [0.1, 0.15) is 11.9 Å². The molecule has 0 N–H and O–H groups in total. The predicted octanol–water partition coefficient (Wildman–Crippen LogP) is 3.46. The highest BCUT2D eigenvalue weighted by Gasteiger charge is 2.30. The van der Waals surface area contributed by atoms with Gasteiger partial charge in [0.15, 0.2) is 0 Å². The van der Waals surface area contributed by atoms with Crippen molar-refractivity contribution in [1.82, 2.24) is 4.90 Å². The average molecular weight is 324 g/mol. The second kappa shape index (κ2) is 8.59. The number of carbonyl (C=O) groups excluding carboxylic acids is 2. The summed E-state index contributed by atoms with van der Waals surface area (Å²) in [5.74, 6) is -0.981. The molecule has 0 heterocycles. The van der Waals surface area contributed by atoms with Gasteiger partial charge in [-0.1, -0.05) is 35.9 Å². The highest BCUT2D eigenvalue weighted by Crippen LogP contribution is 2.26. The molecule has 0 saturated carbocycles. The molecule has 0 aliphatic carbocycles. The van der Waals surface area contributed by atoms with Crippen LogP contribution in [-0.2, 0) is 14.3 Å². The lowest BCUT2D eigenvalue weighted by Crippen LogP contribution is -2.43. The Balaban J connectivity index is 3.33. The molecule has 0 radical (unpaired) electrons. The van der Waals surface area contributed by atoms with Gasteiger partial charge in [-0.3, -0.25) is 9.69 Å². The summed E-state index contributed by atoms with van der Waals surface area (Å²) in [4.78, 5) is 25.8. The van der Waals surface area contributed by atoms with Gasteiger partial charge in [0.25, 0.3) is 0 Å². The van der Waals surface area contributed by atoms with E-state index in [9.17, 15) is 9.59 Å². The molecular formula is C17H22ClNO3.